The quantitative estimate of drug-likeness (QED) is 0.878. The van der Waals surface area contributed by atoms with Gasteiger partial charge in [0.2, 0.25) is 0 Å². The van der Waals surface area contributed by atoms with Gasteiger partial charge in [0.25, 0.3) is 0 Å². The van der Waals surface area contributed by atoms with E-state index in [4.69, 9.17) is 4.74 Å². The predicted molar refractivity (Wildman–Crippen MR) is 79.2 cm³/mol. The van der Waals surface area contributed by atoms with Crippen LogP contribution in [0.15, 0.2) is 42.5 Å². The first-order valence-corrected chi connectivity index (χ1v) is 6.68. The van der Waals surface area contributed by atoms with Gasteiger partial charge in [-0.05, 0) is 30.7 Å². The van der Waals surface area contributed by atoms with E-state index in [-0.39, 0.29) is 16.9 Å². The number of methoxy groups -OCH3 is 1. The molecule has 2 rings (SSSR count). The Morgan fingerprint density at radius 3 is 2.52 bits per heavy atom. The van der Waals surface area contributed by atoms with E-state index in [2.05, 4.69) is 4.74 Å². The number of halogens is 1. The Morgan fingerprint density at radius 1 is 1.30 bits per heavy atom. The Balaban J connectivity index is 2.68. The molecule has 0 radical (unpaired) electrons. The number of ether oxygens (including phenoxy) is 2. The van der Waals surface area contributed by atoms with Gasteiger partial charge in [-0.3, -0.25) is 0 Å². The summed E-state index contributed by atoms with van der Waals surface area (Å²) in [5.74, 6) is -1.98. The van der Waals surface area contributed by atoms with Gasteiger partial charge in [-0.1, -0.05) is 18.2 Å². The van der Waals surface area contributed by atoms with Crippen molar-refractivity contribution < 1.29 is 23.8 Å². The molecule has 0 saturated heterocycles. The van der Waals surface area contributed by atoms with Gasteiger partial charge in [0.05, 0.1) is 7.11 Å². The number of rotatable bonds is 4. The zero-order valence-electron chi connectivity index (χ0n) is 12.5. The maximum atomic E-state index is 13.9. The minimum absolute atomic E-state index is 0.00526. The maximum Gasteiger partial charge on any atom is 0.370 e. The van der Waals surface area contributed by atoms with Crippen molar-refractivity contribution in [1.82, 2.24) is 0 Å². The first-order valence-electron chi connectivity index (χ1n) is 6.68. The number of hydrogen-bond acceptors (Lipinski definition) is 5. The molecule has 0 aromatic heterocycles. The van der Waals surface area contributed by atoms with Crippen molar-refractivity contribution >= 4 is 5.97 Å². The Kier molecular flexibility index (Phi) is 4.51. The third-order valence-corrected chi connectivity index (χ3v) is 3.35. The van der Waals surface area contributed by atoms with Crippen LogP contribution in [0.5, 0.6) is 11.5 Å². The van der Waals surface area contributed by atoms with E-state index in [1.54, 1.807) is 36.4 Å². The average Bonchev–Trinajstić information content (AvgIpc) is 2.56. The normalized spacial score (nSPS) is 12.8. The van der Waals surface area contributed by atoms with Crippen molar-refractivity contribution in [3.8, 4) is 17.6 Å². The summed E-state index contributed by atoms with van der Waals surface area (Å²) >= 11 is 0. The summed E-state index contributed by atoms with van der Waals surface area (Å²) in [5, 5.41) is 19.3. The van der Waals surface area contributed by atoms with Crippen LogP contribution in [-0.2, 0) is 15.1 Å². The van der Waals surface area contributed by atoms with E-state index in [0.29, 0.717) is 0 Å². The third kappa shape index (κ3) is 2.94. The van der Waals surface area contributed by atoms with Crippen molar-refractivity contribution in [2.24, 2.45) is 0 Å². The molecule has 0 aliphatic carbocycles. The van der Waals surface area contributed by atoms with Crippen LogP contribution >= 0.6 is 0 Å². The van der Waals surface area contributed by atoms with Crippen molar-refractivity contribution in [1.29, 1.82) is 5.26 Å². The second-order valence-corrected chi connectivity index (χ2v) is 4.80. The molecule has 118 valence electrons. The fourth-order valence-electron chi connectivity index (χ4n) is 2.17. The largest absolute Gasteiger partial charge is 0.508 e. The average molecular weight is 315 g/mol. The van der Waals surface area contributed by atoms with Gasteiger partial charge in [-0.15, -0.1) is 0 Å². The van der Waals surface area contributed by atoms with Gasteiger partial charge < -0.3 is 14.6 Å². The van der Waals surface area contributed by atoms with Crippen molar-refractivity contribution in [3.63, 3.8) is 0 Å². The SMILES string of the molecule is COC(=O)C(C#N)(Oc1ccccc1)c1cc(O)cc(F)c1C. The number of carbonyl (C=O) groups is 1. The van der Waals surface area contributed by atoms with Crippen LogP contribution in [0.2, 0.25) is 0 Å². The van der Waals surface area contributed by atoms with Gasteiger partial charge in [0, 0.05) is 11.6 Å². The Labute approximate surface area is 132 Å². The lowest BCUT2D eigenvalue weighted by molar-refractivity contribution is -0.155. The molecular weight excluding hydrogens is 301 g/mol. The first kappa shape index (κ1) is 16.3. The molecule has 0 spiro atoms. The third-order valence-electron chi connectivity index (χ3n) is 3.35. The molecule has 23 heavy (non-hydrogen) atoms. The summed E-state index contributed by atoms with van der Waals surface area (Å²) in [5.41, 5.74) is -2.35. The molecule has 0 heterocycles. The molecule has 0 amide bonds. The lowest BCUT2D eigenvalue weighted by Gasteiger charge is -2.27. The lowest BCUT2D eigenvalue weighted by atomic mass is 9.90. The van der Waals surface area contributed by atoms with E-state index in [1.165, 1.54) is 6.92 Å². The predicted octanol–water partition coefficient (Wildman–Crippen LogP) is 2.81. The fraction of sp³-hybridized carbons (Fsp3) is 0.176. The summed E-state index contributed by atoms with van der Waals surface area (Å²) in [6.45, 7) is 1.38. The summed E-state index contributed by atoms with van der Waals surface area (Å²) in [6, 6.07) is 11.9. The van der Waals surface area contributed by atoms with Crippen molar-refractivity contribution in [3.05, 3.63) is 59.4 Å². The molecule has 0 saturated carbocycles. The molecule has 0 bridgehead atoms. The minimum Gasteiger partial charge on any atom is -0.508 e. The van der Waals surface area contributed by atoms with Crippen LogP contribution in [0.4, 0.5) is 4.39 Å². The first-order chi connectivity index (χ1) is 10.9. The Morgan fingerprint density at radius 2 is 1.96 bits per heavy atom. The van der Waals surface area contributed by atoms with Crippen molar-refractivity contribution in [2.75, 3.05) is 7.11 Å². The molecule has 0 aliphatic rings. The summed E-state index contributed by atoms with van der Waals surface area (Å²) in [6.07, 6.45) is 0. The van der Waals surface area contributed by atoms with Crippen LogP contribution in [0.3, 0.4) is 0 Å². The Hall–Kier alpha value is -3.07. The minimum atomic E-state index is -2.24. The van der Waals surface area contributed by atoms with Crippen LogP contribution in [-0.4, -0.2) is 18.2 Å². The number of nitrogens with zero attached hydrogens (tertiary/aromatic N) is 1. The molecule has 1 unspecified atom stereocenters. The monoisotopic (exact) mass is 315 g/mol. The zero-order valence-corrected chi connectivity index (χ0v) is 12.5. The number of phenolic OH excluding ortho intramolecular Hbond substituents is 1. The molecule has 1 N–H and O–H groups in total. The van der Waals surface area contributed by atoms with Crippen LogP contribution < -0.4 is 4.74 Å². The molecule has 2 aromatic rings. The molecular formula is C17H14FNO4. The van der Waals surface area contributed by atoms with Gasteiger partial charge in [0.15, 0.2) is 0 Å². The number of benzene rings is 2. The number of para-hydroxylation sites is 1. The Bertz CT molecular complexity index is 770. The van der Waals surface area contributed by atoms with Gasteiger partial charge in [-0.25, -0.2) is 9.18 Å². The van der Waals surface area contributed by atoms with E-state index < -0.39 is 23.1 Å². The number of aromatic hydroxyl groups is 1. The summed E-state index contributed by atoms with van der Waals surface area (Å²) in [7, 11) is 1.09. The maximum absolute atomic E-state index is 13.9. The number of nitriles is 1. The second kappa shape index (κ2) is 6.36. The van der Waals surface area contributed by atoms with Crippen LogP contribution in [0.25, 0.3) is 0 Å². The molecule has 2 aromatic carbocycles. The van der Waals surface area contributed by atoms with E-state index in [1.807, 2.05) is 0 Å². The van der Waals surface area contributed by atoms with E-state index >= 15 is 0 Å². The smallest absolute Gasteiger partial charge is 0.370 e. The molecule has 0 aliphatic heterocycles. The van der Waals surface area contributed by atoms with Crippen LogP contribution in [0, 0.1) is 24.1 Å². The van der Waals surface area contributed by atoms with E-state index in [9.17, 15) is 19.6 Å². The number of phenols is 1. The fourth-order valence-corrected chi connectivity index (χ4v) is 2.17. The topological polar surface area (TPSA) is 79.6 Å². The van der Waals surface area contributed by atoms with E-state index in [0.717, 1.165) is 19.2 Å². The highest BCUT2D eigenvalue weighted by molar-refractivity contribution is 5.86. The summed E-state index contributed by atoms with van der Waals surface area (Å²) in [4.78, 5) is 12.3. The number of carbonyl (C=O) groups excluding carboxylic acids is 1. The number of hydrogen-bond donors (Lipinski definition) is 1. The molecule has 1 atom stereocenters. The molecule has 6 heteroatoms. The van der Waals surface area contributed by atoms with Crippen molar-refractivity contribution in [2.45, 2.75) is 12.5 Å². The number of esters is 1. The second-order valence-electron chi connectivity index (χ2n) is 4.80. The highest BCUT2D eigenvalue weighted by Gasteiger charge is 2.47. The van der Waals surface area contributed by atoms with Crippen LogP contribution in [0.1, 0.15) is 11.1 Å². The standard InChI is InChI=1S/C17H14FNO4/c1-11-14(8-12(20)9-15(11)18)17(10-19,16(21)22-2)23-13-6-4-3-5-7-13/h3-9,20H,1-2H3. The summed E-state index contributed by atoms with van der Waals surface area (Å²) < 4.78 is 24.2. The lowest BCUT2D eigenvalue weighted by Crippen LogP contribution is -2.42. The highest BCUT2D eigenvalue weighted by atomic mass is 19.1. The van der Waals surface area contributed by atoms with Gasteiger partial charge in [-0.2, -0.15) is 5.26 Å². The molecule has 0 fully saturated rings. The zero-order chi connectivity index (χ0) is 17.0. The van der Waals surface area contributed by atoms with Gasteiger partial charge in [0.1, 0.15) is 23.4 Å². The molecule has 5 nitrogen and oxygen atoms in total. The highest BCUT2D eigenvalue weighted by Crippen LogP contribution is 2.34. The van der Waals surface area contributed by atoms with Gasteiger partial charge >= 0.3 is 11.6 Å².